The monoisotopic (exact) mass is 444 g/mol. The largest absolute Gasteiger partial charge is 0.423 e. The Hall–Kier alpha value is -4.44. The van der Waals surface area contributed by atoms with E-state index < -0.39 is 5.97 Å². The minimum atomic E-state index is -0.431. The average Bonchev–Trinajstić information content (AvgIpc) is 3.23. The van der Waals surface area contributed by atoms with Gasteiger partial charge >= 0.3 is 5.97 Å². The lowest BCUT2D eigenvalue weighted by Gasteiger charge is -2.11. The van der Waals surface area contributed by atoms with Crippen molar-refractivity contribution >= 4 is 28.7 Å². The molecule has 0 aliphatic heterocycles. The smallest absolute Gasteiger partial charge is 0.344 e. The standard InChI is InChI=1S/C30H24N2O2/c1-21-12-16-23(17-13-21)26(30(33)34-25-18-14-22(2)15-19-25)20-29-31-27-10-6-7-11-28(27)32(29)24-8-4-3-5-9-24/h3-20H,1-2H3. The van der Waals surface area contributed by atoms with Crippen LogP contribution in [0.5, 0.6) is 5.75 Å². The van der Waals surface area contributed by atoms with Crippen molar-refractivity contribution in [3.8, 4) is 11.4 Å². The second-order valence-corrected chi connectivity index (χ2v) is 8.26. The van der Waals surface area contributed by atoms with Crippen LogP contribution >= 0.6 is 0 Å². The Labute approximate surface area is 198 Å². The summed E-state index contributed by atoms with van der Waals surface area (Å²) in [5.74, 6) is 0.730. The number of nitrogens with zero attached hydrogens (tertiary/aromatic N) is 2. The van der Waals surface area contributed by atoms with Crippen LogP contribution in [0.2, 0.25) is 0 Å². The summed E-state index contributed by atoms with van der Waals surface area (Å²) in [5, 5.41) is 0. The summed E-state index contributed by atoms with van der Waals surface area (Å²) < 4.78 is 7.82. The van der Waals surface area contributed by atoms with Crippen LogP contribution in [0.4, 0.5) is 0 Å². The summed E-state index contributed by atoms with van der Waals surface area (Å²) in [6.07, 6.45) is 1.81. The molecule has 5 aromatic rings. The maximum Gasteiger partial charge on any atom is 0.344 e. The van der Waals surface area contributed by atoms with E-state index in [1.165, 1.54) is 0 Å². The van der Waals surface area contributed by atoms with E-state index in [2.05, 4.69) is 4.57 Å². The van der Waals surface area contributed by atoms with Gasteiger partial charge in [0, 0.05) is 5.69 Å². The zero-order valence-electron chi connectivity index (χ0n) is 19.1. The Balaban J connectivity index is 1.66. The van der Waals surface area contributed by atoms with Crippen LogP contribution in [0.3, 0.4) is 0 Å². The van der Waals surface area contributed by atoms with Crippen molar-refractivity contribution in [1.29, 1.82) is 0 Å². The molecule has 0 bridgehead atoms. The van der Waals surface area contributed by atoms with Gasteiger partial charge in [0.25, 0.3) is 0 Å². The average molecular weight is 445 g/mol. The van der Waals surface area contributed by atoms with Crippen LogP contribution in [0.1, 0.15) is 22.5 Å². The summed E-state index contributed by atoms with van der Waals surface area (Å²) in [4.78, 5) is 18.3. The van der Waals surface area contributed by atoms with Crippen molar-refractivity contribution in [1.82, 2.24) is 9.55 Å². The van der Waals surface area contributed by atoms with Gasteiger partial charge in [-0.05, 0) is 61.9 Å². The van der Waals surface area contributed by atoms with Gasteiger partial charge in [0.05, 0.1) is 16.6 Å². The summed E-state index contributed by atoms with van der Waals surface area (Å²) in [7, 11) is 0. The number of aryl methyl sites for hydroxylation is 2. The maximum atomic E-state index is 13.4. The lowest BCUT2D eigenvalue weighted by Crippen LogP contribution is -2.11. The van der Waals surface area contributed by atoms with Crippen molar-refractivity contribution in [3.05, 3.63) is 126 Å². The number of ether oxygens (including phenoxy) is 1. The predicted octanol–water partition coefficient (Wildman–Crippen LogP) is 6.79. The molecule has 4 heteroatoms. The van der Waals surface area contributed by atoms with Gasteiger partial charge in [0.1, 0.15) is 11.6 Å². The third kappa shape index (κ3) is 4.39. The van der Waals surface area contributed by atoms with Crippen LogP contribution in [0, 0.1) is 13.8 Å². The summed E-state index contributed by atoms with van der Waals surface area (Å²) in [6, 6.07) is 33.3. The second-order valence-electron chi connectivity index (χ2n) is 8.26. The molecule has 1 heterocycles. The molecule has 0 aliphatic carbocycles. The summed E-state index contributed by atoms with van der Waals surface area (Å²) in [5.41, 5.74) is 6.22. The molecule has 0 spiro atoms. The third-order valence-electron chi connectivity index (χ3n) is 5.69. The first-order chi connectivity index (χ1) is 16.6. The predicted molar refractivity (Wildman–Crippen MR) is 137 cm³/mol. The highest BCUT2D eigenvalue weighted by atomic mass is 16.5. The highest BCUT2D eigenvalue weighted by Crippen LogP contribution is 2.27. The van der Waals surface area contributed by atoms with Crippen LogP contribution in [0.15, 0.2) is 103 Å². The Morgan fingerprint density at radius 2 is 1.38 bits per heavy atom. The van der Waals surface area contributed by atoms with E-state index in [-0.39, 0.29) is 0 Å². The van der Waals surface area contributed by atoms with Gasteiger partial charge in [-0.25, -0.2) is 9.78 Å². The van der Waals surface area contributed by atoms with E-state index in [0.717, 1.165) is 33.4 Å². The minimum Gasteiger partial charge on any atom is -0.423 e. The van der Waals surface area contributed by atoms with Gasteiger partial charge in [-0.2, -0.15) is 0 Å². The quantitative estimate of drug-likeness (QED) is 0.170. The normalized spacial score (nSPS) is 11.5. The number of fused-ring (bicyclic) bond motifs is 1. The van der Waals surface area contributed by atoms with Crippen LogP contribution in [-0.4, -0.2) is 15.5 Å². The van der Waals surface area contributed by atoms with E-state index >= 15 is 0 Å². The number of hydrogen-bond acceptors (Lipinski definition) is 3. The molecular weight excluding hydrogens is 420 g/mol. The second kappa shape index (κ2) is 9.20. The molecule has 4 aromatic carbocycles. The molecule has 0 N–H and O–H groups in total. The van der Waals surface area contributed by atoms with Crippen LogP contribution in [0.25, 0.3) is 28.4 Å². The van der Waals surface area contributed by atoms with Crippen LogP contribution in [-0.2, 0) is 4.79 Å². The lowest BCUT2D eigenvalue weighted by atomic mass is 10.0. The van der Waals surface area contributed by atoms with E-state index in [1.807, 2.05) is 111 Å². The van der Waals surface area contributed by atoms with Gasteiger partial charge < -0.3 is 4.74 Å². The fourth-order valence-corrected chi connectivity index (χ4v) is 3.88. The number of benzene rings is 4. The molecule has 0 fully saturated rings. The van der Waals surface area contributed by atoms with E-state index in [0.29, 0.717) is 17.1 Å². The van der Waals surface area contributed by atoms with E-state index in [1.54, 1.807) is 12.1 Å². The first kappa shape index (κ1) is 21.4. The third-order valence-corrected chi connectivity index (χ3v) is 5.69. The number of rotatable bonds is 5. The highest BCUT2D eigenvalue weighted by Gasteiger charge is 2.18. The first-order valence-corrected chi connectivity index (χ1v) is 11.2. The van der Waals surface area contributed by atoms with E-state index in [4.69, 9.17) is 9.72 Å². The Kier molecular flexibility index (Phi) is 5.79. The van der Waals surface area contributed by atoms with Gasteiger partial charge in [0.2, 0.25) is 0 Å². The van der Waals surface area contributed by atoms with Gasteiger partial charge in [0.15, 0.2) is 0 Å². The molecule has 0 radical (unpaired) electrons. The molecule has 0 atom stereocenters. The molecule has 1 aromatic heterocycles. The lowest BCUT2D eigenvalue weighted by molar-refractivity contribution is -0.127. The number of carbonyl (C=O) groups is 1. The molecule has 166 valence electrons. The number of esters is 1. The number of hydrogen-bond donors (Lipinski definition) is 0. The molecule has 34 heavy (non-hydrogen) atoms. The van der Waals surface area contributed by atoms with Crippen molar-refractivity contribution in [3.63, 3.8) is 0 Å². The summed E-state index contributed by atoms with van der Waals surface area (Å²) in [6.45, 7) is 4.02. The summed E-state index contributed by atoms with van der Waals surface area (Å²) >= 11 is 0. The van der Waals surface area contributed by atoms with Gasteiger partial charge in [-0.15, -0.1) is 0 Å². The Morgan fingerprint density at radius 3 is 2.09 bits per heavy atom. The number of imidazole rings is 1. The maximum absolute atomic E-state index is 13.4. The number of aromatic nitrogens is 2. The number of para-hydroxylation sites is 3. The molecule has 0 saturated carbocycles. The SMILES string of the molecule is Cc1ccc(OC(=O)C(=Cc2nc3ccccc3n2-c2ccccc2)c2ccc(C)cc2)cc1. The van der Waals surface area contributed by atoms with Crippen molar-refractivity contribution in [2.75, 3.05) is 0 Å². The van der Waals surface area contributed by atoms with Crippen molar-refractivity contribution < 1.29 is 9.53 Å². The zero-order valence-corrected chi connectivity index (χ0v) is 19.1. The molecule has 4 nitrogen and oxygen atoms in total. The molecule has 5 rings (SSSR count). The van der Waals surface area contributed by atoms with Gasteiger partial charge in [-0.1, -0.05) is 77.9 Å². The van der Waals surface area contributed by atoms with E-state index in [9.17, 15) is 4.79 Å². The zero-order chi connectivity index (χ0) is 23.5. The van der Waals surface area contributed by atoms with Crippen molar-refractivity contribution in [2.45, 2.75) is 13.8 Å². The Morgan fingerprint density at radius 1 is 0.765 bits per heavy atom. The molecule has 0 aliphatic rings. The van der Waals surface area contributed by atoms with Gasteiger partial charge in [-0.3, -0.25) is 4.57 Å². The fourth-order valence-electron chi connectivity index (χ4n) is 3.88. The first-order valence-electron chi connectivity index (χ1n) is 11.2. The molecule has 0 saturated heterocycles. The minimum absolute atomic E-state index is 0.431. The topological polar surface area (TPSA) is 44.1 Å². The number of carbonyl (C=O) groups excluding carboxylic acids is 1. The van der Waals surface area contributed by atoms with Crippen molar-refractivity contribution in [2.24, 2.45) is 0 Å². The Bertz CT molecular complexity index is 1480. The van der Waals surface area contributed by atoms with Crippen LogP contribution < -0.4 is 4.74 Å². The fraction of sp³-hybridized carbons (Fsp3) is 0.0667. The molecular formula is C30H24N2O2. The highest BCUT2D eigenvalue weighted by molar-refractivity contribution is 6.22. The molecule has 0 amide bonds. The molecule has 0 unspecified atom stereocenters.